The second kappa shape index (κ2) is 12.3. The molecular formula is C31H33N3O5S. The highest BCUT2D eigenvalue weighted by molar-refractivity contribution is 7.92. The fourth-order valence-electron chi connectivity index (χ4n) is 5.26. The van der Waals surface area contributed by atoms with Gasteiger partial charge in [-0.15, -0.1) is 0 Å². The van der Waals surface area contributed by atoms with E-state index in [1.165, 1.54) is 18.3 Å². The molecule has 0 aliphatic carbocycles. The summed E-state index contributed by atoms with van der Waals surface area (Å²) in [4.78, 5) is 17.3. The van der Waals surface area contributed by atoms with Crippen molar-refractivity contribution in [3.8, 4) is 6.07 Å². The van der Waals surface area contributed by atoms with E-state index in [1.807, 2.05) is 50.2 Å². The van der Waals surface area contributed by atoms with Crippen molar-refractivity contribution in [2.45, 2.75) is 68.9 Å². The second-order valence-corrected chi connectivity index (χ2v) is 11.7. The Hall–Kier alpha value is -4.16. The van der Waals surface area contributed by atoms with E-state index in [-0.39, 0.29) is 34.0 Å². The van der Waals surface area contributed by atoms with Crippen molar-refractivity contribution in [3.63, 3.8) is 0 Å². The van der Waals surface area contributed by atoms with Gasteiger partial charge in [0.15, 0.2) is 5.03 Å². The van der Waals surface area contributed by atoms with Crippen LogP contribution in [0.3, 0.4) is 0 Å². The number of hydrogen-bond donors (Lipinski definition) is 2. The highest BCUT2D eigenvalue weighted by Gasteiger charge is 2.43. The second-order valence-electron chi connectivity index (χ2n) is 10.0. The minimum atomic E-state index is -4.01. The summed E-state index contributed by atoms with van der Waals surface area (Å²) < 4.78 is 34.4. The summed E-state index contributed by atoms with van der Waals surface area (Å²) in [7, 11) is -4.01. The molecule has 3 aromatic rings. The summed E-state index contributed by atoms with van der Waals surface area (Å²) in [6, 6.07) is 21.3. The number of anilines is 1. The van der Waals surface area contributed by atoms with Crippen LogP contribution in [0, 0.1) is 11.3 Å². The van der Waals surface area contributed by atoms with Gasteiger partial charge in [-0.3, -0.25) is 4.72 Å². The van der Waals surface area contributed by atoms with Crippen LogP contribution in [0.4, 0.5) is 5.69 Å². The van der Waals surface area contributed by atoms with Crippen LogP contribution < -0.4 is 4.72 Å². The summed E-state index contributed by atoms with van der Waals surface area (Å²) in [6.45, 7) is 3.93. The number of esters is 1. The third kappa shape index (κ3) is 6.52. The standard InChI is InChI=1S/C31H33N3O5S/c1-3-16-31(17-15-22-9-6-5-7-10-22)19-27(35)29(30(36)39-31)26(4-2)24-11-8-12-25(18-24)34-40(37,38)28-14-13-23(20-32)21-33-28/h5-14,18,21,26,34-35H,3-4,15-17,19H2,1-2H3. The summed E-state index contributed by atoms with van der Waals surface area (Å²) in [5.74, 6) is -0.999. The predicted octanol–water partition coefficient (Wildman–Crippen LogP) is 6.18. The Labute approximate surface area is 235 Å². The number of ether oxygens (including phenoxy) is 1. The van der Waals surface area contributed by atoms with Gasteiger partial charge in [-0.2, -0.15) is 13.7 Å². The first-order valence-corrected chi connectivity index (χ1v) is 14.9. The molecule has 0 radical (unpaired) electrons. The number of aryl methyl sites for hydroxylation is 1. The molecule has 208 valence electrons. The minimum absolute atomic E-state index is 0.0254. The van der Waals surface area contributed by atoms with E-state index in [0.717, 1.165) is 18.4 Å². The molecule has 2 unspecified atom stereocenters. The molecule has 0 saturated carbocycles. The fourth-order valence-corrected chi connectivity index (χ4v) is 6.24. The number of aliphatic hydroxyl groups excluding tert-OH is 1. The summed E-state index contributed by atoms with van der Waals surface area (Å²) in [6.07, 6.45) is 4.70. The minimum Gasteiger partial charge on any atom is -0.512 e. The Morgan fingerprint density at radius 3 is 2.50 bits per heavy atom. The topological polar surface area (TPSA) is 129 Å². The maximum Gasteiger partial charge on any atom is 0.338 e. The van der Waals surface area contributed by atoms with Crippen molar-refractivity contribution in [1.29, 1.82) is 5.26 Å². The van der Waals surface area contributed by atoms with Crippen molar-refractivity contribution < 1.29 is 23.1 Å². The van der Waals surface area contributed by atoms with E-state index >= 15 is 0 Å². The molecule has 0 bridgehead atoms. The summed E-state index contributed by atoms with van der Waals surface area (Å²) in [5, 5.41) is 20.0. The first-order chi connectivity index (χ1) is 19.2. The normalized spacial score (nSPS) is 18.1. The lowest BCUT2D eigenvalue weighted by Gasteiger charge is -2.38. The van der Waals surface area contributed by atoms with Crippen molar-refractivity contribution >= 4 is 21.7 Å². The molecule has 8 nitrogen and oxygen atoms in total. The number of nitrogens with zero attached hydrogens (tertiary/aromatic N) is 2. The number of aliphatic hydroxyl groups is 1. The molecule has 2 atom stereocenters. The van der Waals surface area contributed by atoms with E-state index in [2.05, 4.69) is 9.71 Å². The Morgan fingerprint density at radius 1 is 1.10 bits per heavy atom. The lowest BCUT2D eigenvalue weighted by atomic mass is 9.80. The number of carbonyl (C=O) groups excluding carboxylic acids is 1. The Morgan fingerprint density at radius 2 is 1.88 bits per heavy atom. The Balaban J connectivity index is 1.58. The first kappa shape index (κ1) is 28.8. The third-order valence-electron chi connectivity index (χ3n) is 7.19. The van der Waals surface area contributed by atoms with Crippen molar-refractivity contribution in [2.24, 2.45) is 0 Å². The van der Waals surface area contributed by atoms with Crippen LogP contribution in [0.2, 0.25) is 0 Å². The van der Waals surface area contributed by atoms with E-state index in [9.17, 15) is 18.3 Å². The van der Waals surface area contributed by atoms with Crippen LogP contribution in [0.15, 0.2) is 89.3 Å². The van der Waals surface area contributed by atoms with Crippen LogP contribution >= 0.6 is 0 Å². The predicted molar refractivity (Wildman–Crippen MR) is 152 cm³/mol. The van der Waals surface area contributed by atoms with Crippen molar-refractivity contribution in [2.75, 3.05) is 4.72 Å². The van der Waals surface area contributed by atoms with Gasteiger partial charge in [0.25, 0.3) is 10.0 Å². The molecule has 40 heavy (non-hydrogen) atoms. The SMILES string of the molecule is CCCC1(CCc2ccccc2)CC(O)=C(C(CC)c2cccc(NS(=O)(=O)c3ccc(C#N)cn3)c2)C(=O)O1. The lowest BCUT2D eigenvalue weighted by molar-refractivity contribution is -0.161. The van der Waals surface area contributed by atoms with Gasteiger partial charge in [-0.05, 0) is 61.1 Å². The Kier molecular flexibility index (Phi) is 8.90. The average Bonchev–Trinajstić information content (AvgIpc) is 2.94. The summed E-state index contributed by atoms with van der Waals surface area (Å²) >= 11 is 0. The average molecular weight is 560 g/mol. The number of nitriles is 1. The number of benzene rings is 2. The fraction of sp³-hybridized carbons (Fsp3) is 0.323. The van der Waals surface area contributed by atoms with E-state index < -0.39 is 27.5 Å². The molecular weight excluding hydrogens is 526 g/mol. The van der Waals surface area contributed by atoms with Crippen LogP contribution in [0.25, 0.3) is 0 Å². The van der Waals surface area contributed by atoms with Gasteiger partial charge in [-0.1, -0.05) is 62.7 Å². The molecule has 1 aromatic heterocycles. The molecule has 1 aliphatic rings. The molecule has 0 amide bonds. The van der Waals surface area contributed by atoms with Crippen LogP contribution in [0.5, 0.6) is 0 Å². The molecule has 4 rings (SSSR count). The zero-order chi connectivity index (χ0) is 28.8. The van der Waals surface area contributed by atoms with Crippen molar-refractivity contribution in [1.82, 2.24) is 4.98 Å². The van der Waals surface area contributed by atoms with Gasteiger partial charge in [0.05, 0.1) is 11.1 Å². The van der Waals surface area contributed by atoms with E-state index in [0.29, 0.717) is 24.8 Å². The number of rotatable bonds is 11. The molecule has 0 fully saturated rings. The van der Waals surface area contributed by atoms with E-state index in [1.54, 1.807) is 24.3 Å². The van der Waals surface area contributed by atoms with Crippen LogP contribution in [-0.2, 0) is 26.0 Å². The lowest BCUT2D eigenvalue weighted by Crippen LogP contribution is -2.41. The zero-order valence-electron chi connectivity index (χ0n) is 22.6. The maximum absolute atomic E-state index is 13.4. The van der Waals surface area contributed by atoms with Gasteiger partial charge in [0, 0.05) is 24.2 Å². The van der Waals surface area contributed by atoms with Gasteiger partial charge in [-0.25, -0.2) is 9.78 Å². The number of sulfonamides is 1. The Bertz CT molecular complexity index is 1530. The highest BCUT2D eigenvalue weighted by Crippen LogP contribution is 2.42. The number of carbonyl (C=O) groups is 1. The molecule has 2 N–H and O–H groups in total. The zero-order valence-corrected chi connectivity index (χ0v) is 23.4. The van der Waals surface area contributed by atoms with Gasteiger partial charge >= 0.3 is 5.97 Å². The van der Waals surface area contributed by atoms with Gasteiger partial charge in [0.2, 0.25) is 0 Å². The number of cyclic esters (lactones) is 1. The summed E-state index contributed by atoms with van der Waals surface area (Å²) in [5.41, 5.74) is 1.78. The molecule has 0 saturated heterocycles. The number of aromatic nitrogens is 1. The smallest absolute Gasteiger partial charge is 0.338 e. The number of nitrogens with one attached hydrogen (secondary N) is 1. The quantitative estimate of drug-likeness (QED) is 0.268. The van der Waals surface area contributed by atoms with Crippen LogP contribution in [-0.4, -0.2) is 30.1 Å². The van der Waals surface area contributed by atoms with E-state index in [4.69, 9.17) is 10.00 Å². The number of pyridine rings is 1. The highest BCUT2D eigenvalue weighted by atomic mass is 32.2. The monoisotopic (exact) mass is 559 g/mol. The van der Waals surface area contributed by atoms with Gasteiger partial charge < -0.3 is 9.84 Å². The van der Waals surface area contributed by atoms with Crippen molar-refractivity contribution in [3.05, 3.63) is 101 Å². The molecule has 2 aromatic carbocycles. The maximum atomic E-state index is 13.4. The van der Waals surface area contributed by atoms with Crippen LogP contribution in [0.1, 0.15) is 68.6 Å². The molecule has 0 spiro atoms. The largest absolute Gasteiger partial charge is 0.512 e. The van der Waals surface area contributed by atoms with Gasteiger partial charge in [0.1, 0.15) is 17.4 Å². The molecule has 1 aliphatic heterocycles. The molecule has 2 heterocycles. The first-order valence-electron chi connectivity index (χ1n) is 13.4. The third-order valence-corrected chi connectivity index (χ3v) is 8.48. The molecule has 9 heteroatoms. The number of hydrogen-bond acceptors (Lipinski definition) is 7.